The number of rotatable bonds is 6. The summed E-state index contributed by atoms with van der Waals surface area (Å²) in [6.45, 7) is 0.0200. The second-order valence-corrected chi connectivity index (χ2v) is 6.95. The number of nitrogens with one attached hydrogen (secondary N) is 1. The minimum Gasteiger partial charge on any atom is -0.482 e. The Balaban J connectivity index is 1.52. The highest BCUT2D eigenvalue weighted by molar-refractivity contribution is 9.10. The van der Waals surface area contributed by atoms with Crippen LogP contribution in [0, 0.1) is 11.8 Å². The van der Waals surface area contributed by atoms with Crippen molar-refractivity contribution in [3.63, 3.8) is 0 Å². The van der Waals surface area contributed by atoms with Crippen molar-refractivity contribution in [1.82, 2.24) is 5.32 Å². The number of amides is 1. The van der Waals surface area contributed by atoms with Crippen LogP contribution in [0.2, 0.25) is 5.02 Å². The molecule has 0 radical (unpaired) electrons. The van der Waals surface area contributed by atoms with Gasteiger partial charge in [-0.15, -0.1) is 0 Å². The van der Waals surface area contributed by atoms with Crippen LogP contribution in [-0.4, -0.2) is 18.6 Å². The lowest BCUT2D eigenvalue weighted by Gasteiger charge is -2.18. The van der Waals surface area contributed by atoms with Crippen LogP contribution in [0.4, 0.5) is 0 Å². The van der Waals surface area contributed by atoms with E-state index in [0.717, 1.165) is 4.47 Å². The van der Waals surface area contributed by atoms with Gasteiger partial charge in [-0.1, -0.05) is 27.5 Å². The Morgan fingerprint density at radius 1 is 1.35 bits per heavy atom. The zero-order valence-electron chi connectivity index (χ0n) is 11.1. The number of hydrogen-bond acceptors (Lipinski definition) is 2. The van der Waals surface area contributed by atoms with Gasteiger partial charge in [-0.05, 0) is 55.7 Å². The lowest BCUT2D eigenvalue weighted by atomic mass is 10.1. The van der Waals surface area contributed by atoms with E-state index in [0.29, 0.717) is 28.6 Å². The molecule has 2 aliphatic carbocycles. The van der Waals surface area contributed by atoms with E-state index in [4.69, 9.17) is 16.3 Å². The summed E-state index contributed by atoms with van der Waals surface area (Å²) in [6, 6.07) is 5.72. The van der Waals surface area contributed by atoms with Crippen LogP contribution >= 0.6 is 27.5 Å². The Morgan fingerprint density at radius 3 is 2.60 bits per heavy atom. The summed E-state index contributed by atoms with van der Waals surface area (Å²) in [5, 5.41) is 3.64. The highest BCUT2D eigenvalue weighted by atomic mass is 79.9. The van der Waals surface area contributed by atoms with Crippen LogP contribution in [0.5, 0.6) is 5.75 Å². The molecule has 0 bridgehead atoms. The molecule has 0 spiro atoms. The number of carbonyl (C=O) groups excluding carboxylic acids is 1. The Bertz CT molecular complexity index is 503. The van der Waals surface area contributed by atoms with Gasteiger partial charge in [-0.25, -0.2) is 0 Å². The van der Waals surface area contributed by atoms with Crippen molar-refractivity contribution < 1.29 is 9.53 Å². The first-order valence-corrected chi connectivity index (χ1v) is 8.18. The van der Waals surface area contributed by atoms with E-state index in [1.165, 1.54) is 25.7 Å². The second-order valence-electron chi connectivity index (χ2n) is 5.63. The van der Waals surface area contributed by atoms with E-state index in [1.54, 1.807) is 12.1 Å². The topological polar surface area (TPSA) is 38.3 Å². The van der Waals surface area contributed by atoms with Crippen LogP contribution in [-0.2, 0) is 4.79 Å². The Labute approximate surface area is 132 Å². The molecule has 3 nitrogen and oxygen atoms in total. The summed E-state index contributed by atoms with van der Waals surface area (Å²) >= 11 is 9.39. The highest BCUT2D eigenvalue weighted by Gasteiger charge is 2.42. The standard InChI is InChI=1S/C15H17BrClNO2/c16-11-5-6-12(17)13(7-11)20-8-14(19)18-15(9-1-2-9)10-3-4-10/h5-7,9-10,15H,1-4,8H2,(H,18,19). The molecule has 1 N–H and O–H groups in total. The van der Waals surface area contributed by atoms with E-state index in [9.17, 15) is 4.79 Å². The third-order valence-electron chi connectivity index (χ3n) is 3.84. The molecule has 108 valence electrons. The zero-order chi connectivity index (χ0) is 14.1. The SMILES string of the molecule is O=C(COc1cc(Br)ccc1Cl)NC(C1CC1)C1CC1. The molecule has 1 amide bonds. The number of carbonyl (C=O) groups is 1. The smallest absolute Gasteiger partial charge is 0.258 e. The van der Waals surface area contributed by atoms with Crippen molar-refractivity contribution in [2.45, 2.75) is 31.7 Å². The van der Waals surface area contributed by atoms with Crippen LogP contribution in [0.15, 0.2) is 22.7 Å². The summed E-state index contributed by atoms with van der Waals surface area (Å²) in [5.41, 5.74) is 0. The van der Waals surface area contributed by atoms with E-state index >= 15 is 0 Å². The molecule has 0 aromatic heterocycles. The molecule has 0 heterocycles. The van der Waals surface area contributed by atoms with Gasteiger partial charge < -0.3 is 10.1 Å². The van der Waals surface area contributed by atoms with Gasteiger partial charge in [0.15, 0.2) is 6.61 Å². The fourth-order valence-electron chi connectivity index (χ4n) is 2.49. The summed E-state index contributed by atoms with van der Waals surface area (Å²) < 4.78 is 6.39. The molecular weight excluding hydrogens is 342 g/mol. The predicted octanol–water partition coefficient (Wildman–Crippen LogP) is 3.79. The van der Waals surface area contributed by atoms with Crippen molar-refractivity contribution in [2.24, 2.45) is 11.8 Å². The summed E-state index contributed by atoms with van der Waals surface area (Å²) in [5.74, 6) is 1.87. The maximum absolute atomic E-state index is 12.0. The van der Waals surface area contributed by atoms with Crippen molar-refractivity contribution in [2.75, 3.05) is 6.61 Å². The largest absolute Gasteiger partial charge is 0.482 e. The second kappa shape index (κ2) is 5.94. The van der Waals surface area contributed by atoms with E-state index in [1.807, 2.05) is 6.07 Å². The Kier molecular flexibility index (Phi) is 4.22. The van der Waals surface area contributed by atoms with Gasteiger partial charge in [0.1, 0.15) is 5.75 Å². The van der Waals surface area contributed by atoms with Gasteiger partial charge >= 0.3 is 0 Å². The predicted molar refractivity (Wildman–Crippen MR) is 82.0 cm³/mol. The maximum atomic E-state index is 12.0. The van der Waals surface area contributed by atoms with E-state index in [2.05, 4.69) is 21.2 Å². The lowest BCUT2D eigenvalue weighted by molar-refractivity contribution is -0.124. The van der Waals surface area contributed by atoms with Crippen molar-refractivity contribution >= 4 is 33.4 Å². The third kappa shape index (κ3) is 3.67. The molecule has 2 fully saturated rings. The minimum atomic E-state index is -0.0511. The third-order valence-corrected chi connectivity index (χ3v) is 4.64. The maximum Gasteiger partial charge on any atom is 0.258 e. The van der Waals surface area contributed by atoms with Crippen molar-refractivity contribution in [3.8, 4) is 5.75 Å². The van der Waals surface area contributed by atoms with E-state index in [-0.39, 0.29) is 12.5 Å². The van der Waals surface area contributed by atoms with Gasteiger partial charge in [0.2, 0.25) is 0 Å². The van der Waals surface area contributed by atoms with E-state index < -0.39 is 0 Å². The fraction of sp³-hybridized carbons (Fsp3) is 0.533. The monoisotopic (exact) mass is 357 g/mol. The minimum absolute atomic E-state index is 0.0200. The van der Waals surface area contributed by atoms with Gasteiger partial charge in [-0.2, -0.15) is 0 Å². The Morgan fingerprint density at radius 2 is 2.00 bits per heavy atom. The first-order valence-electron chi connectivity index (χ1n) is 7.00. The molecule has 2 aliphatic rings. The molecule has 1 aromatic carbocycles. The van der Waals surface area contributed by atoms with Gasteiger partial charge in [0, 0.05) is 10.5 Å². The summed E-state index contributed by atoms with van der Waals surface area (Å²) in [7, 11) is 0. The van der Waals surface area contributed by atoms with Crippen LogP contribution in [0.25, 0.3) is 0 Å². The summed E-state index contributed by atoms with van der Waals surface area (Å²) in [6.07, 6.45) is 5.00. The zero-order valence-corrected chi connectivity index (χ0v) is 13.4. The molecule has 5 heteroatoms. The fourth-order valence-corrected chi connectivity index (χ4v) is 3.00. The molecule has 0 unspecified atom stereocenters. The quantitative estimate of drug-likeness (QED) is 0.840. The molecular formula is C15H17BrClNO2. The van der Waals surface area contributed by atoms with Crippen LogP contribution < -0.4 is 10.1 Å². The highest BCUT2D eigenvalue weighted by Crippen LogP contribution is 2.44. The number of halogens is 2. The van der Waals surface area contributed by atoms with Crippen LogP contribution in [0.1, 0.15) is 25.7 Å². The average molecular weight is 359 g/mol. The van der Waals surface area contributed by atoms with Crippen molar-refractivity contribution in [3.05, 3.63) is 27.7 Å². The lowest BCUT2D eigenvalue weighted by Crippen LogP contribution is -2.40. The number of hydrogen-bond donors (Lipinski definition) is 1. The molecule has 1 aromatic rings. The molecule has 2 saturated carbocycles. The average Bonchev–Trinajstić information content (AvgIpc) is 3.28. The first-order chi connectivity index (χ1) is 9.63. The molecule has 0 atom stereocenters. The van der Waals surface area contributed by atoms with Gasteiger partial charge in [0.05, 0.1) is 5.02 Å². The molecule has 0 aliphatic heterocycles. The first kappa shape index (κ1) is 14.2. The normalized spacial score (nSPS) is 18.1. The number of ether oxygens (including phenoxy) is 1. The van der Waals surface area contributed by atoms with Gasteiger partial charge in [-0.3, -0.25) is 4.79 Å². The number of benzene rings is 1. The Hall–Kier alpha value is -0.740. The van der Waals surface area contributed by atoms with Crippen LogP contribution in [0.3, 0.4) is 0 Å². The molecule has 20 heavy (non-hydrogen) atoms. The van der Waals surface area contributed by atoms with Gasteiger partial charge in [0.25, 0.3) is 5.91 Å². The molecule has 0 saturated heterocycles. The summed E-state index contributed by atoms with van der Waals surface area (Å²) in [4.78, 5) is 12.0. The van der Waals surface area contributed by atoms with Crippen molar-refractivity contribution in [1.29, 1.82) is 0 Å². The molecule has 3 rings (SSSR count).